The molecule has 1 saturated heterocycles. The molecule has 1 fully saturated rings. The number of hydrogen-bond acceptors (Lipinski definition) is 4. The van der Waals surface area contributed by atoms with Crippen molar-refractivity contribution in [2.24, 2.45) is 17.4 Å². The van der Waals surface area contributed by atoms with E-state index in [1.807, 2.05) is 12.1 Å². The lowest BCUT2D eigenvalue weighted by molar-refractivity contribution is 0.453. The summed E-state index contributed by atoms with van der Waals surface area (Å²) in [5.41, 5.74) is 12.0. The molecule has 0 saturated carbocycles. The van der Waals surface area contributed by atoms with Crippen LogP contribution in [0, 0.1) is 11.3 Å². The van der Waals surface area contributed by atoms with E-state index >= 15 is 0 Å². The van der Waals surface area contributed by atoms with Gasteiger partial charge in [0.05, 0.1) is 5.02 Å². The molecule has 102 valence electrons. The maximum Gasteiger partial charge on any atom is 0.147 e. The number of aromatic nitrogens is 1. The van der Waals surface area contributed by atoms with Crippen molar-refractivity contribution in [2.75, 3.05) is 18.0 Å². The van der Waals surface area contributed by atoms with Gasteiger partial charge in [0.2, 0.25) is 0 Å². The maximum atomic E-state index is 7.23. The van der Waals surface area contributed by atoms with Gasteiger partial charge in [-0.3, -0.25) is 5.41 Å². The Hall–Kier alpha value is -1.75. The van der Waals surface area contributed by atoms with Crippen molar-refractivity contribution in [3.05, 3.63) is 35.1 Å². The lowest BCUT2D eigenvalue weighted by atomic mass is 9.93. The highest BCUT2D eigenvalue weighted by atomic mass is 35.5. The van der Waals surface area contributed by atoms with Gasteiger partial charge < -0.3 is 16.4 Å². The van der Waals surface area contributed by atoms with Crippen LogP contribution in [0.5, 0.6) is 0 Å². The van der Waals surface area contributed by atoms with Crippen LogP contribution in [0.4, 0.5) is 5.82 Å². The van der Waals surface area contributed by atoms with Gasteiger partial charge in [0, 0.05) is 30.9 Å². The van der Waals surface area contributed by atoms with Crippen molar-refractivity contribution >= 4 is 23.3 Å². The van der Waals surface area contributed by atoms with E-state index in [1.165, 1.54) is 6.08 Å². The third-order valence-corrected chi connectivity index (χ3v) is 3.62. The third kappa shape index (κ3) is 3.38. The van der Waals surface area contributed by atoms with Gasteiger partial charge in [-0.25, -0.2) is 4.98 Å². The molecule has 2 heterocycles. The first-order valence-electron chi connectivity index (χ1n) is 6.24. The summed E-state index contributed by atoms with van der Waals surface area (Å²) in [5.74, 6) is 1.12. The van der Waals surface area contributed by atoms with Crippen molar-refractivity contribution in [3.8, 4) is 0 Å². The van der Waals surface area contributed by atoms with Gasteiger partial charge in [0.25, 0.3) is 0 Å². The molecule has 0 aliphatic carbocycles. The topological polar surface area (TPSA) is 92.0 Å². The molecule has 1 aromatic heterocycles. The fourth-order valence-electron chi connectivity index (χ4n) is 2.33. The molecule has 5 N–H and O–H groups in total. The first-order chi connectivity index (χ1) is 9.08. The van der Waals surface area contributed by atoms with Gasteiger partial charge in [-0.05, 0) is 31.1 Å². The molecule has 0 spiro atoms. The Bertz CT molecular complexity index is 492. The van der Waals surface area contributed by atoms with E-state index < -0.39 is 0 Å². The molecule has 0 atom stereocenters. The molecule has 0 amide bonds. The number of nitrogens with two attached hydrogens (primary N) is 2. The number of piperidine rings is 1. The van der Waals surface area contributed by atoms with E-state index in [9.17, 15) is 0 Å². The lowest BCUT2D eigenvalue weighted by Crippen LogP contribution is -2.36. The monoisotopic (exact) mass is 279 g/mol. The molecule has 0 bridgehead atoms. The predicted molar refractivity (Wildman–Crippen MR) is 78.4 cm³/mol. The molecule has 1 aromatic rings. The summed E-state index contributed by atoms with van der Waals surface area (Å²) in [6, 6.07) is 3.67. The van der Waals surface area contributed by atoms with Crippen molar-refractivity contribution < 1.29 is 0 Å². The minimum Gasteiger partial charge on any atom is -0.402 e. The second-order valence-electron chi connectivity index (χ2n) is 4.67. The number of nitrogens with one attached hydrogen (secondary N) is 1. The van der Waals surface area contributed by atoms with Gasteiger partial charge in [-0.2, -0.15) is 0 Å². The van der Waals surface area contributed by atoms with Crippen LogP contribution in [-0.2, 0) is 0 Å². The van der Waals surface area contributed by atoms with Gasteiger partial charge in [0.15, 0.2) is 0 Å². The van der Waals surface area contributed by atoms with Crippen LogP contribution in [0.2, 0.25) is 5.02 Å². The standard InChI is InChI=1S/C13H18ClN5/c14-10-2-1-5-18-13(10)19-6-3-9(4-7-19)11(15)8-12(16)17/h1-2,5,8-9H,3-4,6-7,15H2,(H3,16,17). The van der Waals surface area contributed by atoms with Crippen LogP contribution in [0.15, 0.2) is 30.1 Å². The summed E-state index contributed by atoms with van der Waals surface area (Å²) < 4.78 is 0. The minimum absolute atomic E-state index is 0.00713. The average Bonchev–Trinajstić information content (AvgIpc) is 2.39. The number of halogens is 1. The smallest absolute Gasteiger partial charge is 0.147 e. The zero-order valence-electron chi connectivity index (χ0n) is 10.6. The van der Waals surface area contributed by atoms with Crippen molar-refractivity contribution in [2.45, 2.75) is 12.8 Å². The second kappa shape index (κ2) is 5.93. The highest BCUT2D eigenvalue weighted by molar-refractivity contribution is 6.32. The molecule has 19 heavy (non-hydrogen) atoms. The molecule has 0 aromatic carbocycles. The summed E-state index contributed by atoms with van der Waals surface area (Å²) >= 11 is 6.14. The summed E-state index contributed by atoms with van der Waals surface area (Å²) in [6.45, 7) is 1.71. The Kier molecular flexibility index (Phi) is 4.27. The van der Waals surface area contributed by atoms with Crippen molar-refractivity contribution in [3.63, 3.8) is 0 Å². The number of hydrogen-bond donors (Lipinski definition) is 3. The summed E-state index contributed by atoms with van der Waals surface area (Å²) in [5, 5.41) is 7.90. The Morgan fingerprint density at radius 3 is 2.68 bits per heavy atom. The maximum absolute atomic E-state index is 7.23. The quantitative estimate of drug-likeness (QED) is 0.580. The minimum atomic E-state index is 0.00713. The van der Waals surface area contributed by atoms with Gasteiger partial charge in [0.1, 0.15) is 11.7 Å². The lowest BCUT2D eigenvalue weighted by Gasteiger charge is -2.33. The Morgan fingerprint density at radius 1 is 1.42 bits per heavy atom. The Morgan fingerprint density at radius 2 is 2.11 bits per heavy atom. The highest BCUT2D eigenvalue weighted by Gasteiger charge is 2.22. The molecular formula is C13H18ClN5. The number of amidine groups is 1. The number of rotatable bonds is 3. The largest absolute Gasteiger partial charge is 0.402 e. The van der Waals surface area contributed by atoms with Crippen LogP contribution in [0.25, 0.3) is 0 Å². The Balaban J connectivity index is 2.00. The number of anilines is 1. The molecule has 1 aliphatic heterocycles. The molecule has 2 rings (SSSR count). The van der Waals surface area contributed by atoms with Gasteiger partial charge in [-0.15, -0.1) is 0 Å². The number of allylic oxidation sites excluding steroid dienone is 1. The SMILES string of the molecule is N=C(N)C=C(N)C1CCN(c2ncccc2Cl)CC1. The molecule has 5 nitrogen and oxygen atoms in total. The van der Waals surface area contributed by atoms with Crippen molar-refractivity contribution in [1.29, 1.82) is 5.41 Å². The fourth-order valence-corrected chi connectivity index (χ4v) is 2.57. The number of nitrogens with zero attached hydrogens (tertiary/aromatic N) is 2. The van der Waals surface area contributed by atoms with E-state index in [2.05, 4.69) is 9.88 Å². The summed E-state index contributed by atoms with van der Waals surface area (Å²) in [4.78, 5) is 6.48. The second-order valence-corrected chi connectivity index (χ2v) is 5.08. The van der Waals surface area contributed by atoms with E-state index in [4.69, 9.17) is 28.5 Å². The highest BCUT2D eigenvalue weighted by Crippen LogP contribution is 2.28. The van der Waals surface area contributed by atoms with Gasteiger partial charge in [-0.1, -0.05) is 11.6 Å². The molecule has 1 aliphatic rings. The van der Waals surface area contributed by atoms with Gasteiger partial charge >= 0.3 is 0 Å². The van der Waals surface area contributed by atoms with E-state index in [1.54, 1.807) is 6.20 Å². The van der Waals surface area contributed by atoms with Crippen LogP contribution >= 0.6 is 11.6 Å². The average molecular weight is 280 g/mol. The fraction of sp³-hybridized carbons (Fsp3) is 0.385. The normalized spacial score (nSPS) is 17.5. The van der Waals surface area contributed by atoms with E-state index in [-0.39, 0.29) is 11.8 Å². The molecule has 0 radical (unpaired) electrons. The summed E-state index contributed by atoms with van der Waals surface area (Å²) in [6.07, 6.45) is 5.12. The third-order valence-electron chi connectivity index (χ3n) is 3.33. The first-order valence-corrected chi connectivity index (χ1v) is 6.62. The molecule has 0 unspecified atom stereocenters. The zero-order valence-corrected chi connectivity index (χ0v) is 11.4. The zero-order chi connectivity index (χ0) is 13.8. The van der Waals surface area contributed by atoms with Crippen LogP contribution in [0.3, 0.4) is 0 Å². The summed E-state index contributed by atoms with van der Waals surface area (Å²) in [7, 11) is 0. The van der Waals surface area contributed by atoms with Crippen molar-refractivity contribution in [1.82, 2.24) is 4.98 Å². The Labute approximate surface area is 117 Å². The first kappa shape index (κ1) is 13.7. The van der Waals surface area contributed by atoms with Crippen LogP contribution in [-0.4, -0.2) is 23.9 Å². The number of pyridine rings is 1. The van der Waals surface area contributed by atoms with E-state index in [0.29, 0.717) is 10.7 Å². The van der Waals surface area contributed by atoms with E-state index in [0.717, 1.165) is 31.7 Å². The van der Waals surface area contributed by atoms with Crippen LogP contribution < -0.4 is 16.4 Å². The molecular weight excluding hydrogens is 262 g/mol. The van der Waals surface area contributed by atoms with Crippen LogP contribution in [0.1, 0.15) is 12.8 Å². The molecule has 6 heteroatoms. The predicted octanol–water partition coefficient (Wildman–Crippen LogP) is 1.73.